The van der Waals surface area contributed by atoms with Crippen LogP contribution in [0.1, 0.15) is 32.4 Å². The molecule has 19 heavy (non-hydrogen) atoms. The zero-order valence-corrected chi connectivity index (χ0v) is 11.6. The van der Waals surface area contributed by atoms with Crippen LogP contribution in [0.15, 0.2) is 12.3 Å². The molecule has 0 bridgehead atoms. The van der Waals surface area contributed by atoms with Crippen LogP contribution >= 0.6 is 0 Å². The normalized spacial score (nSPS) is 24.3. The summed E-state index contributed by atoms with van der Waals surface area (Å²) in [5.74, 6) is -0.0808. The summed E-state index contributed by atoms with van der Waals surface area (Å²) in [5.41, 5.74) is 0.840. The predicted molar refractivity (Wildman–Crippen MR) is 70.1 cm³/mol. The lowest BCUT2D eigenvalue weighted by atomic mass is 10.1. The summed E-state index contributed by atoms with van der Waals surface area (Å²) in [7, 11) is 1.84. The zero-order chi connectivity index (χ0) is 14.0. The van der Waals surface area contributed by atoms with Crippen molar-refractivity contribution in [1.29, 1.82) is 0 Å². The Hall–Kier alpha value is -1.85. The second-order valence-corrected chi connectivity index (χ2v) is 5.03. The lowest BCUT2D eigenvalue weighted by Crippen LogP contribution is -2.45. The number of aromatic nitrogens is 2. The highest BCUT2D eigenvalue weighted by atomic mass is 16.2. The number of amides is 2. The number of hydrogen-bond donors (Lipinski definition) is 1. The Labute approximate surface area is 112 Å². The number of aryl methyl sites for hydroxylation is 1. The van der Waals surface area contributed by atoms with Gasteiger partial charge in [-0.2, -0.15) is 5.10 Å². The molecule has 1 aliphatic rings. The van der Waals surface area contributed by atoms with Crippen molar-refractivity contribution in [3.63, 3.8) is 0 Å². The van der Waals surface area contributed by atoms with Gasteiger partial charge < -0.3 is 10.2 Å². The van der Waals surface area contributed by atoms with Gasteiger partial charge in [-0.05, 0) is 19.4 Å². The van der Waals surface area contributed by atoms with Gasteiger partial charge in [-0.25, -0.2) is 0 Å². The summed E-state index contributed by atoms with van der Waals surface area (Å²) in [4.78, 5) is 25.9. The molecular formula is C13H20N4O2. The molecule has 6 heteroatoms. The molecule has 1 saturated heterocycles. The Kier molecular flexibility index (Phi) is 3.87. The summed E-state index contributed by atoms with van der Waals surface area (Å²) < 4.78 is 1.71. The lowest BCUT2D eigenvalue weighted by Gasteiger charge is -2.27. The molecule has 0 radical (unpaired) electrons. The van der Waals surface area contributed by atoms with Gasteiger partial charge in [-0.1, -0.05) is 6.92 Å². The highest BCUT2D eigenvalue weighted by Gasteiger charge is 2.33. The van der Waals surface area contributed by atoms with Gasteiger partial charge in [0.25, 0.3) is 0 Å². The first-order valence-corrected chi connectivity index (χ1v) is 6.59. The van der Waals surface area contributed by atoms with Crippen molar-refractivity contribution < 1.29 is 9.59 Å². The number of nitrogens with one attached hydrogen (secondary N) is 1. The average molecular weight is 264 g/mol. The Balaban J connectivity index is 2.19. The summed E-state index contributed by atoms with van der Waals surface area (Å²) >= 11 is 0. The average Bonchev–Trinajstić information content (AvgIpc) is 2.73. The van der Waals surface area contributed by atoms with Gasteiger partial charge >= 0.3 is 0 Å². The van der Waals surface area contributed by atoms with Crippen LogP contribution in [0.5, 0.6) is 0 Å². The maximum atomic E-state index is 12.4. The number of nitrogens with zero attached hydrogens (tertiary/aromatic N) is 3. The molecular weight excluding hydrogens is 244 g/mol. The molecule has 2 unspecified atom stereocenters. The molecule has 1 aromatic rings. The number of rotatable bonds is 3. The van der Waals surface area contributed by atoms with Gasteiger partial charge in [-0.15, -0.1) is 0 Å². The Morgan fingerprint density at radius 3 is 2.79 bits per heavy atom. The Morgan fingerprint density at radius 1 is 1.47 bits per heavy atom. The van der Waals surface area contributed by atoms with Crippen molar-refractivity contribution in [2.75, 3.05) is 0 Å². The van der Waals surface area contributed by atoms with E-state index in [9.17, 15) is 9.59 Å². The van der Waals surface area contributed by atoms with Crippen LogP contribution < -0.4 is 5.32 Å². The van der Waals surface area contributed by atoms with Crippen LogP contribution in [-0.2, 0) is 23.2 Å². The summed E-state index contributed by atoms with van der Waals surface area (Å²) in [6.45, 7) is 4.25. The largest absolute Gasteiger partial charge is 0.344 e. The first-order valence-electron chi connectivity index (χ1n) is 6.59. The molecule has 0 spiro atoms. The molecule has 1 aromatic heterocycles. The van der Waals surface area contributed by atoms with Crippen LogP contribution in [0.3, 0.4) is 0 Å². The zero-order valence-electron chi connectivity index (χ0n) is 11.6. The molecule has 0 aromatic carbocycles. The molecule has 1 N–H and O–H groups in total. The predicted octanol–water partition coefficient (Wildman–Crippen LogP) is 0.436. The van der Waals surface area contributed by atoms with Crippen molar-refractivity contribution >= 4 is 11.8 Å². The highest BCUT2D eigenvalue weighted by molar-refractivity contribution is 5.90. The third kappa shape index (κ3) is 2.94. The maximum absolute atomic E-state index is 12.4. The minimum atomic E-state index is -0.416. The smallest absolute Gasteiger partial charge is 0.245 e. The summed E-state index contributed by atoms with van der Waals surface area (Å²) in [6.07, 6.45) is 2.80. The van der Waals surface area contributed by atoms with Crippen molar-refractivity contribution in [2.24, 2.45) is 7.05 Å². The molecule has 0 aliphatic carbocycles. The van der Waals surface area contributed by atoms with Crippen LogP contribution in [0.2, 0.25) is 0 Å². The molecule has 104 valence electrons. The fourth-order valence-electron chi connectivity index (χ4n) is 2.34. The quantitative estimate of drug-likeness (QED) is 0.861. The van der Waals surface area contributed by atoms with E-state index in [0.29, 0.717) is 19.4 Å². The molecule has 2 rings (SSSR count). The standard InChI is InChI=1S/C13H20N4O2/c1-4-11-13(19)17(9(2)7-12(18)14-11)8-10-5-6-16(3)15-10/h5-6,9,11H,4,7-8H2,1-3H3,(H,14,18). The number of carbonyl (C=O) groups excluding carboxylic acids is 2. The fraction of sp³-hybridized carbons (Fsp3) is 0.615. The van der Waals surface area contributed by atoms with E-state index in [1.54, 1.807) is 9.58 Å². The van der Waals surface area contributed by atoms with Crippen molar-refractivity contribution in [1.82, 2.24) is 20.0 Å². The topological polar surface area (TPSA) is 67.2 Å². The second kappa shape index (κ2) is 5.42. The van der Waals surface area contributed by atoms with E-state index < -0.39 is 6.04 Å². The van der Waals surface area contributed by atoms with Gasteiger partial charge in [0.2, 0.25) is 11.8 Å². The van der Waals surface area contributed by atoms with Crippen molar-refractivity contribution in [3.8, 4) is 0 Å². The Bertz CT molecular complexity index is 483. The van der Waals surface area contributed by atoms with E-state index in [4.69, 9.17) is 0 Å². The lowest BCUT2D eigenvalue weighted by molar-refractivity contribution is -0.135. The first-order chi connectivity index (χ1) is 9.01. The van der Waals surface area contributed by atoms with E-state index in [2.05, 4.69) is 10.4 Å². The monoisotopic (exact) mass is 264 g/mol. The highest BCUT2D eigenvalue weighted by Crippen LogP contribution is 2.16. The van der Waals surface area contributed by atoms with E-state index in [-0.39, 0.29) is 17.9 Å². The molecule has 2 amide bonds. The Morgan fingerprint density at radius 2 is 2.21 bits per heavy atom. The third-order valence-electron chi connectivity index (χ3n) is 3.44. The molecule has 2 atom stereocenters. The van der Waals surface area contributed by atoms with E-state index in [1.807, 2.05) is 33.2 Å². The SMILES string of the molecule is CCC1NC(=O)CC(C)N(Cc2ccn(C)n2)C1=O. The number of hydrogen-bond acceptors (Lipinski definition) is 3. The van der Waals surface area contributed by atoms with Gasteiger partial charge in [0.1, 0.15) is 6.04 Å². The molecule has 6 nitrogen and oxygen atoms in total. The first kappa shape index (κ1) is 13.6. The second-order valence-electron chi connectivity index (χ2n) is 5.03. The minimum absolute atomic E-state index is 0.0218. The number of carbonyl (C=O) groups is 2. The van der Waals surface area contributed by atoms with Gasteiger partial charge in [0, 0.05) is 25.7 Å². The van der Waals surface area contributed by atoms with E-state index >= 15 is 0 Å². The fourth-order valence-corrected chi connectivity index (χ4v) is 2.34. The van der Waals surface area contributed by atoms with E-state index in [0.717, 1.165) is 5.69 Å². The third-order valence-corrected chi connectivity index (χ3v) is 3.44. The van der Waals surface area contributed by atoms with Crippen LogP contribution in [0.4, 0.5) is 0 Å². The van der Waals surface area contributed by atoms with E-state index in [1.165, 1.54) is 0 Å². The molecule has 1 fully saturated rings. The summed E-state index contributed by atoms with van der Waals surface area (Å²) in [5, 5.41) is 7.07. The minimum Gasteiger partial charge on any atom is -0.344 e. The van der Waals surface area contributed by atoms with Gasteiger partial charge in [0.05, 0.1) is 12.2 Å². The van der Waals surface area contributed by atoms with Crippen LogP contribution in [0.25, 0.3) is 0 Å². The van der Waals surface area contributed by atoms with Crippen LogP contribution in [0, 0.1) is 0 Å². The van der Waals surface area contributed by atoms with Crippen LogP contribution in [-0.4, -0.2) is 38.6 Å². The molecule has 1 aliphatic heterocycles. The van der Waals surface area contributed by atoms with Gasteiger partial charge in [-0.3, -0.25) is 14.3 Å². The summed E-state index contributed by atoms with van der Waals surface area (Å²) in [6, 6.07) is 1.37. The molecule has 2 heterocycles. The maximum Gasteiger partial charge on any atom is 0.245 e. The van der Waals surface area contributed by atoms with Crippen molar-refractivity contribution in [2.45, 2.75) is 45.3 Å². The van der Waals surface area contributed by atoms with Gasteiger partial charge in [0.15, 0.2) is 0 Å². The van der Waals surface area contributed by atoms with Crippen molar-refractivity contribution in [3.05, 3.63) is 18.0 Å². The molecule has 0 saturated carbocycles.